The molecule has 1 heterocycles. The van der Waals surface area contributed by atoms with Crippen LogP contribution in [0.15, 0.2) is 35.5 Å². The molecule has 0 saturated carbocycles. The van der Waals surface area contributed by atoms with Gasteiger partial charge in [-0.2, -0.15) is 8.42 Å². The minimum atomic E-state index is -3.75. The van der Waals surface area contributed by atoms with E-state index >= 15 is 0 Å². The summed E-state index contributed by atoms with van der Waals surface area (Å²) in [5, 5.41) is 7.40. The molecule has 1 aromatic heterocycles. The van der Waals surface area contributed by atoms with Gasteiger partial charge in [0.1, 0.15) is 11.7 Å². The molecular formula is C13H17N5O2S. The second kappa shape index (κ2) is 5.21. The number of nitrogen functional groups attached to an aromatic ring is 1. The Morgan fingerprint density at radius 3 is 2.62 bits per heavy atom. The maximum atomic E-state index is 12.5. The summed E-state index contributed by atoms with van der Waals surface area (Å²) in [4.78, 5) is 4.05. The zero-order valence-corrected chi connectivity index (χ0v) is 12.8. The average molecular weight is 307 g/mol. The third-order valence-corrected chi connectivity index (χ3v) is 4.89. The van der Waals surface area contributed by atoms with Gasteiger partial charge in [-0.1, -0.05) is 12.1 Å². The van der Waals surface area contributed by atoms with Crippen molar-refractivity contribution in [2.24, 2.45) is 12.8 Å². The molecule has 0 aliphatic heterocycles. The van der Waals surface area contributed by atoms with E-state index in [1.54, 1.807) is 42.8 Å². The Hall–Kier alpha value is -2.35. The Morgan fingerprint density at radius 1 is 1.43 bits per heavy atom. The molecule has 3 N–H and O–H groups in total. The predicted molar refractivity (Wildman–Crippen MR) is 81.0 cm³/mol. The van der Waals surface area contributed by atoms with Gasteiger partial charge in [-0.05, 0) is 19.1 Å². The van der Waals surface area contributed by atoms with Crippen LogP contribution in [0.3, 0.4) is 0 Å². The van der Waals surface area contributed by atoms with Gasteiger partial charge in [0.05, 0.1) is 5.69 Å². The molecule has 0 radical (unpaired) electrons. The summed E-state index contributed by atoms with van der Waals surface area (Å²) in [5.74, 6) is 0.496. The Balaban J connectivity index is 2.45. The predicted octanol–water partition coefficient (Wildman–Crippen LogP) is 0.838. The van der Waals surface area contributed by atoms with E-state index in [2.05, 4.69) is 4.98 Å². The van der Waals surface area contributed by atoms with E-state index in [-0.39, 0.29) is 10.9 Å². The molecule has 21 heavy (non-hydrogen) atoms. The van der Waals surface area contributed by atoms with Gasteiger partial charge in [0.15, 0.2) is 5.03 Å². The molecule has 0 fully saturated rings. The highest BCUT2D eigenvalue weighted by atomic mass is 32.2. The van der Waals surface area contributed by atoms with E-state index in [4.69, 9.17) is 11.1 Å². The van der Waals surface area contributed by atoms with Crippen LogP contribution in [0.25, 0.3) is 0 Å². The molecule has 0 amide bonds. The van der Waals surface area contributed by atoms with E-state index in [0.29, 0.717) is 17.1 Å². The SMILES string of the molecule is Cc1nc(S(=O)(=O)N(C)c2cccc(C(=N)N)c2)cn1C. The van der Waals surface area contributed by atoms with E-state index in [0.717, 1.165) is 4.31 Å². The second-order valence-corrected chi connectivity index (χ2v) is 6.59. The van der Waals surface area contributed by atoms with Crippen molar-refractivity contribution in [3.05, 3.63) is 41.9 Å². The van der Waals surface area contributed by atoms with Crippen LogP contribution < -0.4 is 10.0 Å². The molecule has 1 aromatic carbocycles. The molecule has 2 aromatic rings. The lowest BCUT2D eigenvalue weighted by Crippen LogP contribution is -2.27. The number of imidazole rings is 1. The Kier molecular flexibility index (Phi) is 3.73. The summed E-state index contributed by atoms with van der Waals surface area (Å²) in [6.45, 7) is 1.73. The van der Waals surface area contributed by atoms with Gasteiger partial charge in [0.25, 0.3) is 10.0 Å². The smallest absolute Gasteiger partial charge is 0.283 e. The first-order valence-corrected chi connectivity index (χ1v) is 7.61. The third-order valence-electron chi connectivity index (χ3n) is 3.23. The molecule has 0 spiro atoms. The topological polar surface area (TPSA) is 105 Å². The maximum absolute atomic E-state index is 12.5. The fourth-order valence-electron chi connectivity index (χ4n) is 1.80. The van der Waals surface area contributed by atoms with Crippen molar-refractivity contribution in [3.8, 4) is 0 Å². The normalized spacial score (nSPS) is 11.4. The van der Waals surface area contributed by atoms with E-state index < -0.39 is 10.0 Å². The summed E-state index contributed by atoms with van der Waals surface area (Å²) in [6.07, 6.45) is 1.47. The standard InChI is InChI=1S/C13H17N5O2S/c1-9-16-12(8-17(9)2)21(19,20)18(3)11-6-4-5-10(7-11)13(14)15/h4-8H,1-3H3,(H3,14,15). The largest absolute Gasteiger partial charge is 0.384 e. The molecule has 0 saturated heterocycles. The molecule has 0 aliphatic rings. The van der Waals surface area contributed by atoms with Crippen molar-refractivity contribution in [2.45, 2.75) is 11.9 Å². The molecule has 0 atom stereocenters. The molecule has 7 nitrogen and oxygen atoms in total. The number of benzene rings is 1. The van der Waals surface area contributed by atoms with Crippen LogP contribution in [0, 0.1) is 12.3 Å². The number of amidine groups is 1. The number of aryl methyl sites for hydroxylation is 2. The monoisotopic (exact) mass is 307 g/mol. The number of nitrogens with zero attached hydrogens (tertiary/aromatic N) is 3. The fraction of sp³-hybridized carbons (Fsp3) is 0.231. The first-order valence-electron chi connectivity index (χ1n) is 6.17. The number of hydrogen-bond acceptors (Lipinski definition) is 4. The highest BCUT2D eigenvalue weighted by molar-refractivity contribution is 7.92. The summed E-state index contributed by atoms with van der Waals surface area (Å²) >= 11 is 0. The van der Waals surface area contributed by atoms with Gasteiger partial charge >= 0.3 is 0 Å². The number of anilines is 1. The summed E-state index contributed by atoms with van der Waals surface area (Å²) < 4.78 is 27.9. The zero-order chi connectivity index (χ0) is 15.8. The van der Waals surface area contributed by atoms with Gasteiger partial charge in [-0.25, -0.2) is 4.98 Å². The fourth-order valence-corrected chi connectivity index (χ4v) is 3.01. The Bertz CT molecular complexity index is 775. The third kappa shape index (κ3) is 2.75. The van der Waals surface area contributed by atoms with Crippen molar-refractivity contribution in [2.75, 3.05) is 11.4 Å². The van der Waals surface area contributed by atoms with Crippen LogP contribution in [0.4, 0.5) is 5.69 Å². The summed E-state index contributed by atoms with van der Waals surface area (Å²) in [5.41, 5.74) is 6.31. The van der Waals surface area contributed by atoms with Crippen molar-refractivity contribution >= 4 is 21.5 Å². The number of nitrogens with two attached hydrogens (primary N) is 1. The molecule has 8 heteroatoms. The Labute approximate surface area is 123 Å². The van der Waals surface area contributed by atoms with Gasteiger partial charge in [-0.3, -0.25) is 9.71 Å². The van der Waals surface area contributed by atoms with Crippen LogP contribution in [0.5, 0.6) is 0 Å². The lowest BCUT2D eigenvalue weighted by Gasteiger charge is -2.18. The highest BCUT2D eigenvalue weighted by Gasteiger charge is 2.24. The van der Waals surface area contributed by atoms with E-state index in [9.17, 15) is 8.42 Å². The van der Waals surface area contributed by atoms with Crippen molar-refractivity contribution in [1.29, 1.82) is 5.41 Å². The minimum absolute atomic E-state index is 0.0155. The number of nitrogens with one attached hydrogen (secondary N) is 1. The highest BCUT2D eigenvalue weighted by Crippen LogP contribution is 2.22. The van der Waals surface area contributed by atoms with Gasteiger partial charge < -0.3 is 10.3 Å². The van der Waals surface area contributed by atoms with Gasteiger partial charge in [0.2, 0.25) is 0 Å². The summed E-state index contributed by atoms with van der Waals surface area (Å²) in [6, 6.07) is 6.49. The molecule has 0 unspecified atom stereocenters. The molecule has 2 rings (SSSR count). The van der Waals surface area contributed by atoms with Crippen molar-refractivity contribution < 1.29 is 8.42 Å². The zero-order valence-electron chi connectivity index (χ0n) is 12.0. The molecule has 112 valence electrons. The number of sulfonamides is 1. The first-order chi connectivity index (χ1) is 9.73. The first kappa shape index (κ1) is 15.0. The summed E-state index contributed by atoms with van der Waals surface area (Å²) in [7, 11) is -0.569. The van der Waals surface area contributed by atoms with Crippen LogP contribution >= 0.6 is 0 Å². The quantitative estimate of drug-likeness (QED) is 0.645. The van der Waals surface area contributed by atoms with Crippen molar-refractivity contribution in [1.82, 2.24) is 9.55 Å². The van der Waals surface area contributed by atoms with Crippen LogP contribution in [0.2, 0.25) is 0 Å². The van der Waals surface area contributed by atoms with Crippen molar-refractivity contribution in [3.63, 3.8) is 0 Å². The maximum Gasteiger partial charge on any atom is 0.283 e. The lowest BCUT2D eigenvalue weighted by molar-refractivity contribution is 0.591. The van der Waals surface area contributed by atoms with Gasteiger partial charge in [0, 0.05) is 25.9 Å². The molecule has 0 aliphatic carbocycles. The molecular weight excluding hydrogens is 290 g/mol. The van der Waals surface area contributed by atoms with E-state index in [1.807, 2.05) is 0 Å². The van der Waals surface area contributed by atoms with Crippen LogP contribution in [-0.4, -0.2) is 30.9 Å². The Morgan fingerprint density at radius 2 is 2.10 bits per heavy atom. The lowest BCUT2D eigenvalue weighted by atomic mass is 10.2. The average Bonchev–Trinajstić information content (AvgIpc) is 2.78. The molecule has 0 bridgehead atoms. The number of hydrogen-bond donors (Lipinski definition) is 2. The second-order valence-electron chi connectivity index (χ2n) is 4.67. The van der Waals surface area contributed by atoms with Gasteiger partial charge in [-0.15, -0.1) is 0 Å². The number of aromatic nitrogens is 2. The minimum Gasteiger partial charge on any atom is -0.384 e. The van der Waals surface area contributed by atoms with E-state index in [1.165, 1.54) is 13.2 Å². The number of rotatable bonds is 4. The van der Waals surface area contributed by atoms with Crippen LogP contribution in [0.1, 0.15) is 11.4 Å². The van der Waals surface area contributed by atoms with Crippen LogP contribution in [-0.2, 0) is 17.1 Å².